The summed E-state index contributed by atoms with van der Waals surface area (Å²) in [6.45, 7) is 0. The molecule has 0 bridgehead atoms. The van der Waals surface area contributed by atoms with Crippen LogP contribution in [0.3, 0.4) is 0 Å². The van der Waals surface area contributed by atoms with Crippen LogP contribution in [-0.4, -0.2) is 11.7 Å². The maximum Gasteiger partial charge on any atom is 0.234 e. The number of anilines is 2. The van der Waals surface area contributed by atoms with Gasteiger partial charge in [0.15, 0.2) is 0 Å². The molecule has 110 valence electrons. The summed E-state index contributed by atoms with van der Waals surface area (Å²) in [4.78, 5) is 12.7. The van der Waals surface area contributed by atoms with E-state index < -0.39 is 5.82 Å². The van der Waals surface area contributed by atoms with Crippen molar-refractivity contribution in [2.45, 2.75) is 4.90 Å². The standard InChI is InChI=1S/C14H11BrClFN2OS/c15-8-1-3-11(18)13(5-8)21-7-14(20)19-12-4-2-9(17)6-10(12)16/h1-6H,7,18H2,(H,19,20). The highest BCUT2D eigenvalue weighted by atomic mass is 79.9. The number of thioether (sulfide) groups is 1. The second-order valence-corrected chi connectivity index (χ2v) is 6.48. The molecule has 21 heavy (non-hydrogen) atoms. The van der Waals surface area contributed by atoms with E-state index in [0.29, 0.717) is 11.4 Å². The van der Waals surface area contributed by atoms with E-state index in [0.717, 1.165) is 15.4 Å². The van der Waals surface area contributed by atoms with Crippen LogP contribution >= 0.6 is 39.3 Å². The Bertz CT molecular complexity index is 684. The number of rotatable bonds is 4. The van der Waals surface area contributed by atoms with Crippen molar-refractivity contribution in [2.75, 3.05) is 16.8 Å². The molecular formula is C14H11BrClFN2OS. The fraction of sp³-hybridized carbons (Fsp3) is 0.0714. The van der Waals surface area contributed by atoms with Crippen molar-refractivity contribution in [3.8, 4) is 0 Å². The van der Waals surface area contributed by atoms with Crippen LogP contribution in [0.2, 0.25) is 5.02 Å². The van der Waals surface area contributed by atoms with E-state index in [1.165, 1.54) is 23.9 Å². The maximum absolute atomic E-state index is 12.9. The molecule has 0 fully saturated rings. The Morgan fingerprint density at radius 1 is 1.33 bits per heavy atom. The highest BCUT2D eigenvalue weighted by molar-refractivity contribution is 9.10. The zero-order chi connectivity index (χ0) is 15.4. The molecule has 2 rings (SSSR count). The molecule has 3 nitrogen and oxygen atoms in total. The minimum Gasteiger partial charge on any atom is -0.398 e. The number of halogens is 3. The number of nitrogens with two attached hydrogens (primary N) is 1. The summed E-state index contributed by atoms with van der Waals surface area (Å²) < 4.78 is 13.8. The van der Waals surface area contributed by atoms with Gasteiger partial charge in [0.05, 0.1) is 16.5 Å². The molecule has 2 aromatic carbocycles. The van der Waals surface area contributed by atoms with Crippen molar-refractivity contribution >= 4 is 56.6 Å². The minimum atomic E-state index is -0.450. The topological polar surface area (TPSA) is 55.1 Å². The number of benzene rings is 2. The maximum atomic E-state index is 12.9. The number of carbonyl (C=O) groups is 1. The van der Waals surface area contributed by atoms with Crippen LogP contribution < -0.4 is 11.1 Å². The molecule has 3 N–H and O–H groups in total. The van der Waals surface area contributed by atoms with E-state index in [1.54, 1.807) is 6.07 Å². The summed E-state index contributed by atoms with van der Waals surface area (Å²) in [7, 11) is 0. The molecule has 0 aromatic heterocycles. The summed E-state index contributed by atoms with van der Waals surface area (Å²) in [5.74, 6) is -0.517. The highest BCUT2D eigenvalue weighted by Gasteiger charge is 2.09. The van der Waals surface area contributed by atoms with E-state index in [4.69, 9.17) is 17.3 Å². The molecule has 1 amide bonds. The molecule has 0 saturated heterocycles. The van der Waals surface area contributed by atoms with Gasteiger partial charge in [-0.2, -0.15) is 0 Å². The summed E-state index contributed by atoms with van der Waals surface area (Å²) in [6, 6.07) is 9.25. The van der Waals surface area contributed by atoms with Gasteiger partial charge in [-0.15, -0.1) is 11.8 Å². The van der Waals surface area contributed by atoms with E-state index >= 15 is 0 Å². The molecule has 0 atom stereocenters. The number of hydrogen-bond acceptors (Lipinski definition) is 3. The molecule has 2 aromatic rings. The Hall–Kier alpha value is -1.24. The third kappa shape index (κ3) is 4.62. The van der Waals surface area contributed by atoms with E-state index in [-0.39, 0.29) is 16.7 Å². The Morgan fingerprint density at radius 3 is 2.81 bits per heavy atom. The van der Waals surface area contributed by atoms with Gasteiger partial charge < -0.3 is 11.1 Å². The fourth-order valence-corrected chi connectivity index (χ4v) is 3.08. The van der Waals surface area contributed by atoms with E-state index in [1.807, 2.05) is 12.1 Å². The van der Waals surface area contributed by atoms with Gasteiger partial charge in [0.2, 0.25) is 5.91 Å². The molecule has 0 aliphatic heterocycles. The summed E-state index contributed by atoms with van der Waals surface area (Å²) in [6.07, 6.45) is 0. The fourth-order valence-electron chi connectivity index (χ4n) is 1.55. The molecule has 7 heteroatoms. The third-order valence-electron chi connectivity index (χ3n) is 2.54. The Balaban J connectivity index is 1.97. The van der Waals surface area contributed by atoms with Crippen molar-refractivity contribution in [2.24, 2.45) is 0 Å². The number of hydrogen-bond donors (Lipinski definition) is 2. The van der Waals surface area contributed by atoms with Gasteiger partial charge in [-0.3, -0.25) is 4.79 Å². The third-order valence-corrected chi connectivity index (χ3v) is 4.42. The summed E-state index contributed by atoms with van der Waals surface area (Å²) in [5.41, 5.74) is 6.82. The van der Waals surface area contributed by atoms with Crippen LogP contribution in [0.5, 0.6) is 0 Å². The molecule has 0 heterocycles. The van der Waals surface area contributed by atoms with Crippen LogP contribution in [-0.2, 0) is 4.79 Å². The number of nitrogens with one attached hydrogen (secondary N) is 1. The number of amides is 1. The van der Waals surface area contributed by atoms with Gasteiger partial charge in [0.25, 0.3) is 0 Å². The molecule has 0 saturated carbocycles. The summed E-state index contributed by atoms with van der Waals surface area (Å²) in [5, 5.41) is 2.79. The predicted molar refractivity (Wildman–Crippen MR) is 89.3 cm³/mol. The van der Waals surface area contributed by atoms with Crippen LogP contribution in [0.15, 0.2) is 45.8 Å². The van der Waals surface area contributed by atoms with Gasteiger partial charge in [-0.05, 0) is 36.4 Å². The first-order valence-electron chi connectivity index (χ1n) is 5.88. The first-order chi connectivity index (χ1) is 9.95. The van der Waals surface area contributed by atoms with Crippen LogP contribution in [0.25, 0.3) is 0 Å². The van der Waals surface area contributed by atoms with Gasteiger partial charge in [-0.1, -0.05) is 27.5 Å². The molecule has 0 unspecified atom stereocenters. The average Bonchev–Trinajstić information content (AvgIpc) is 2.43. The molecule has 0 spiro atoms. The lowest BCUT2D eigenvalue weighted by molar-refractivity contribution is -0.113. The normalized spacial score (nSPS) is 10.4. The first-order valence-corrected chi connectivity index (χ1v) is 8.04. The molecular weight excluding hydrogens is 379 g/mol. The predicted octanol–water partition coefficient (Wildman–Crippen LogP) is 4.55. The molecule has 0 aliphatic carbocycles. The number of nitrogen functional groups attached to an aromatic ring is 1. The van der Waals surface area contributed by atoms with Crippen LogP contribution in [0.4, 0.5) is 15.8 Å². The van der Waals surface area contributed by atoms with E-state index in [2.05, 4.69) is 21.2 Å². The zero-order valence-electron chi connectivity index (χ0n) is 10.7. The lowest BCUT2D eigenvalue weighted by Gasteiger charge is -2.08. The second-order valence-electron chi connectivity index (χ2n) is 4.14. The van der Waals surface area contributed by atoms with Crippen molar-refractivity contribution in [3.05, 3.63) is 51.7 Å². The minimum absolute atomic E-state index is 0.162. The highest BCUT2D eigenvalue weighted by Crippen LogP contribution is 2.29. The Kier molecular flexibility index (Phi) is 5.50. The first kappa shape index (κ1) is 16.1. The average molecular weight is 390 g/mol. The number of carbonyl (C=O) groups excluding carboxylic acids is 1. The lowest BCUT2D eigenvalue weighted by Crippen LogP contribution is -2.14. The smallest absolute Gasteiger partial charge is 0.234 e. The van der Waals surface area contributed by atoms with Crippen LogP contribution in [0, 0.1) is 5.82 Å². The SMILES string of the molecule is Nc1ccc(Br)cc1SCC(=O)Nc1ccc(F)cc1Cl. The largest absolute Gasteiger partial charge is 0.398 e. The Labute approximate surface area is 139 Å². The Morgan fingerprint density at radius 2 is 2.10 bits per heavy atom. The van der Waals surface area contributed by atoms with Crippen LogP contribution in [0.1, 0.15) is 0 Å². The van der Waals surface area contributed by atoms with Crippen molar-refractivity contribution in [1.82, 2.24) is 0 Å². The lowest BCUT2D eigenvalue weighted by atomic mass is 10.3. The van der Waals surface area contributed by atoms with Gasteiger partial charge in [0, 0.05) is 15.1 Å². The van der Waals surface area contributed by atoms with Gasteiger partial charge in [-0.25, -0.2) is 4.39 Å². The second kappa shape index (κ2) is 7.15. The zero-order valence-corrected chi connectivity index (χ0v) is 13.9. The van der Waals surface area contributed by atoms with Crippen molar-refractivity contribution in [3.63, 3.8) is 0 Å². The van der Waals surface area contributed by atoms with E-state index in [9.17, 15) is 9.18 Å². The van der Waals surface area contributed by atoms with Gasteiger partial charge in [0.1, 0.15) is 5.82 Å². The molecule has 0 radical (unpaired) electrons. The molecule has 0 aliphatic rings. The van der Waals surface area contributed by atoms with Gasteiger partial charge >= 0.3 is 0 Å². The monoisotopic (exact) mass is 388 g/mol. The quantitative estimate of drug-likeness (QED) is 0.595. The summed E-state index contributed by atoms with van der Waals surface area (Å²) >= 11 is 10.5. The van der Waals surface area contributed by atoms with Crippen molar-refractivity contribution < 1.29 is 9.18 Å². The van der Waals surface area contributed by atoms with Crippen molar-refractivity contribution in [1.29, 1.82) is 0 Å².